The Labute approximate surface area is 137 Å². The van der Waals surface area contributed by atoms with E-state index in [9.17, 15) is 0 Å². The molecule has 1 aliphatic rings. The number of pyridine rings is 1. The Morgan fingerprint density at radius 3 is 2.55 bits per heavy atom. The van der Waals surface area contributed by atoms with Crippen LogP contribution in [0.4, 0.5) is 0 Å². The lowest BCUT2D eigenvalue weighted by Crippen LogP contribution is -2.31. The van der Waals surface area contributed by atoms with Crippen LogP contribution in [0.15, 0.2) is 42.6 Å². The van der Waals surface area contributed by atoms with Gasteiger partial charge in [0.15, 0.2) is 0 Å². The first-order valence-corrected chi connectivity index (χ1v) is 8.26. The molecule has 1 N–H and O–H groups in total. The van der Waals surface area contributed by atoms with Gasteiger partial charge in [-0.1, -0.05) is 35.9 Å². The third-order valence-electron chi connectivity index (χ3n) is 4.37. The van der Waals surface area contributed by atoms with Crippen molar-refractivity contribution in [3.63, 3.8) is 0 Å². The first-order valence-electron chi connectivity index (χ1n) is 7.88. The van der Waals surface area contributed by atoms with Gasteiger partial charge in [-0.25, -0.2) is 4.98 Å². The molecule has 1 aromatic heterocycles. The summed E-state index contributed by atoms with van der Waals surface area (Å²) in [7, 11) is 2.03. The molecule has 0 radical (unpaired) electrons. The quantitative estimate of drug-likeness (QED) is 0.852. The van der Waals surface area contributed by atoms with E-state index >= 15 is 0 Å². The number of benzene rings is 1. The third-order valence-corrected chi connectivity index (χ3v) is 4.67. The van der Waals surface area contributed by atoms with Crippen LogP contribution < -0.4 is 5.32 Å². The van der Waals surface area contributed by atoms with Crippen LogP contribution in [0.25, 0.3) is 11.1 Å². The Morgan fingerprint density at radius 2 is 1.91 bits per heavy atom. The smallest absolute Gasteiger partial charge is 0.136 e. The first-order chi connectivity index (χ1) is 10.8. The van der Waals surface area contributed by atoms with E-state index in [1.165, 1.54) is 31.5 Å². The standard InChI is InChI=1S/C18H22ClN3/c1-20-17(13-22-11-2-3-12-22)15-8-6-14(7-9-15)16-5-4-10-21-18(16)19/h4-10,17,20H,2-3,11-13H2,1H3. The molecule has 4 heteroatoms. The summed E-state index contributed by atoms with van der Waals surface area (Å²) in [6.45, 7) is 3.52. The van der Waals surface area contributed by atoms with Crippen LogP contribution in [0.2, 0.25) is 5.15 Å². The summed E-state index contributed by atoms with van der Waals surface area (Å²) in [4.78, 5) is 6.68. The Hall–Kier alpha value is -1.42. The summed E-state index contributed by atoms with van der Waals surface area (Å²) in [6, 6.07) is 12.9. The van der Waals surface area contributed by atoms with Gasteiger partial charge < -0.3 is 10.2 Å². The topological polar surface area (TPSA) is 28.2 Å². The zero-order valence-electron chi connectivity index (χ0n) is 12.9. The van der Waals surface area contributed by atoms with Crippen molar-refractivity contribution in [3.05, 3.63) is 53.3 Å². The van der Waals surface area contributed by atoms with Crippen LogP contribution >= 0.6 is 11.6 Å². The fourth-order valence-corrected chi connectivity index (χ4v) is 3.31. The molecule has 3 nitrogen and oxygen atoms in total. The van der Waals surface area contributed by atoms with Crippen molar-refractivity contribution in [2.45, 2.75) is 18.9 Å². The monoisotopic (exact) mass is 315 g/mol. The highest BCUT2D eigenvalue weighted by Gasteiger charge is 2.17. The summed E-state index contributed by atoms with van der Waals surface area (Å²) >= 11 is 6.17. The van der Waals surface area contributed by atoms with E-state index in [-0.39, 0.29) is 0 Å². The summed E-state index contributed by atoms with van der Waals surface area (Å²) in [6.07, 6.45) is 4.37. The molecule has 0 saturated carbocycles. The van der Waals surface area contributed by atoms with Gasteiger partial charge in [0.1, 0.15) is 5.15 Å². The maximum atomic E-state index is 6.17. The molecule has 3 rings (SSSR count). The van der Waals surface area contributed by atoms with Crippen LogP contribution in [0.1, 0.15) is 24.4 Å². The number of likely N-dealkylation sites (N-methyl/N-ethyl adjacent to an activating group) is 1. The predicted molar refractivity (Wildman–Crippen MR) is 92.2 cm³/mol. The largest absolute Gasteiger partial charge is 0.312 e. The Bertz CT molecular complexity index is 606. The summed E-state index contributed by atoms with van der Waals surface area (Å²) in [5.74, 6) is 0. The van der Waals surface area contributed by atoms with Gasteiger partial charge in [0.2, 0.25) is 0 Å². The van der Waals surface area contributed by atoms with Crippen LogP contribution in [-0.4, -0.2) is 36.6 Å². The van der Waals surface area contributed by atoms with Crippen LogP contribution in [0, 0.1) is 0 Å². The Balaban J connectivity index is 1.76. The number of hydrogen-bond donors (Lipinski definition) is 1. The molecule has 0 amide bonds. The lowest BCUT2D eigenvalue weighted by molar-refractivity contribution is 0.299. The average molecular weight is 316 g/mol. The van der Waals surface area contributed by atoms with Crippen molar-refractivity contribution in [2.24, 2.45) is 0 Å². The maximum Gasteiger partial charge on any atom is 0.136 e. The van der Waals surface area contributed by atoms with Gasteiger partial charge in [0, 0.05) is 24.3 Å². The molecule has 1 fully saturated rings. The number of halogens is 1. The molecule has 0 aliphatic carbocycles. The molecule has 1 aromatic carbocycles. The number of likely N-dealkylation sites (tertiary alicyclic amines) is 1. The molecular weight excluding hydrogens is 294 g/mol. The molecule has 0 spiro atoms. The number of nitrogens with one attached hydrogen (secondary N) is 1. The van der Waals surface area contributed by atoms with Crippen molar-refractivity contribution in [1.82, 2.24) is 15.2 Å². The van der Waals surface area contributed by atoms with Crippen molar-refractivity contribution in [1.29, 1.82) is 0 Å². The highest BCUT2D eigenvalue weighted by molar-refractivity contribution is 6.32. The van der Waals surface area contributed by atoms with E-state index in [0.717, 1.165) is 17.7 Å². The third kappa shape index (κ3) is 3.49. The molecule has 1 atom stereocenters. The normalized spacial score (nSPS) is 16.8. The van der Waals surface area contributed by atoms with Gasteiger partial charge in [-0.3, -0.25) is 0 Å². The average Bonchev–Trinajstić information content (AvgIpc) is 3.06. The highest BCUT2D eigenvalue weighted by Crippen LogP contribution is 2.27. The zero-order chi connectivity index (χ0) is 15.4. The minimum absolute atomic E-state index is 0.372. The summed E-state index contributed by atoms with van der Waals surface area (Å²) < 4.78 is 0. The highest BCUT2D eigenvalue weighted by atomic mass is 35.5. The second-order valence-electron chi connectivity index (χ2n) is 5.81. The van der Waals surface area contributed by atoms with Gasteiger partial charge in [0.05, 0.1) is 0 Å². The summed E-state index contributed by atoms with van der Waals surface area (Å²) in [5.41, 5.74) is 3.41. The van der Waals surface area contributed by atoms with Crippen molar-refractivity contribution in [2.75, 3.05) is 26.7 Å². The lowest BCUT2D eigenvalue weighted by Gasteiger charge is -2.23. The number of nitrogens with zero attached hydrogens (tertiary/aromatic N) is 2. The van der Waals surface area contributed by atoms with Crippen LogP contribution in [0.5, 0.6) is 0 Å². The molecule has 2 aromatic rings. The van der Waals surface area contributed by atoms with Gasteiger partial charge in [0.25, 0.3) is 0 Å². The van der Waals surface area contributed by atoms with Crippen LogP contribution in [-0.2, 0) is 0 Å². The summed E-state index contributed by atoms with van der Waals surface area (Å²) in [5, 5.41) is 3.99. The van der Waals surface area contributed by atoms with E-state index in [0.29, 0.717) is 11.2 Å². The van der Waals surface area contributed by atoms with Gasteiger partial charge in [-0.15, -0.1) is 0 Å². The Kier molecular flexibility index (Phi) is 5.08. The second-order valence-corrected chi connectivity index (χ2v) is 6.17. The van der Waals surface area contributed by atoms with Crippen molar-refractivity contribution < 1.29 is 0 Å². The predicted octanol–water partition coefficient (Wildman–Crippen LogP) is 3.76. The first kappa shape index (κ1) is 15.5. The second kappa shape index (κ2) is 7.23. The van der Waals surface area contributed by atoms with E-state index < -0.39 is 0 Å². The zero-order valence-corrected chi connectivity index (χ0v) is 13.7. The fourth-order valence-electron chi connectivity index (χ4n) is 3.08. The van der Waals surface area contributed by atoms with Crippen molar-refractivity contribution >= 4 is 11.6 Å². The van der Waals surface area contributed by atoms with Gasteiger partial charge in [-0.2, -0.15) is 0 Å². The Morgan fingerprint density at radius 1 is 1.18 bits per heavy atom. The SMILES string of the molecule is CNC(CN1CCCC1)c1ccc(-c2cccnc2Cl)cc1. The molecule has 116 valence electrons. The number of rotatable bonds is 5. The van der Waals surface area contributed by atoms with E-state index in [4.69, 9.17) is 11.6 Å². The van der Waals surface area contributed by atoms with E-state index in [1.54, 1.807) is 6.20 Å². The molecule has 1 unspecified atom stereocenters. The number of aromatic nitrogens is 1. The molecule has 0 bridgehead atoms. The van der Waals surface area contributed by atoms with Gasteiger partial charge in [-0.05, 0) is 56.2 Å². The fraction of sp³-hybridized carbons (Fsp3) is 0.389. The minimum atomic E-state index is 0.372. The van der Waals surface area contributed by atoms with E-state index in [2.05, 4.69) is 39.5 Å². The molecule has 1 saturated heterocycles. The van der Waals surface area contributed by atoms with E-state index in [1.807, 2.05) is 19.2 Å². The van der Waals surface area contributed by atoms with Crippen molar-refractivity contribution in [3.8, 4) is 11.1 Å². The van der Waals surface area contributed by atoms with Crippen LogP contribution in [0.3, 0.4) is 0 Å². The molecule has 22 heavy (non-hydrogen) atoms. The minimum Gasteiger partial charge on any atom is -0.312 e. The lowest BCUT2D eigenvalue weighted by atomic mass is 10.0. The molecule has 1 aliphatic heterocycles. The number of hydrogen-bond acceptors (Lipinski definition) is 3. The maximum absolute atomic E-state index is 6.17. The van der Waals surface area contributed by atoms with Gasteiger partial charge >= 0.3 is 0 Å². The molecule has 2 heterocycles. The molecular formula is C18H22ClN3.